The number of rotatable bonds is 4. The van der Waals surface area contributed by atoms with Crippen molar-refractivity contribution in [2.75, 3.05) is 25.1 Å². The molecule has 2 unspecified atom stereocenters. The molecular formula is C16H26N2O. The van der Waals surface area contributed by atoms with Crippen LogP contribution in [0.25, 0.3) is 0 Å². The van der Waals surface area contributed by atoms with E-state index in [0.717, 1.165) is 25.3 Å². The first-order valence-electron chi connectivity index (χ1n) is 7.30. The molecule has 0 bridgehead atoms. The van der Waals surface area contributed by atoms with E-state index in [2.05, 4.69) is 49.2 Å². The molecular weight excluding hydrogens is 236 g/mol. The molecule has 1 heterocycles. The van der Waals surface area contributed by atoms with Gasteiger partial charge in [0, 0.05) is 25.2 Å². The van der Waals surface area contributed by atoms with Gasteiger partial charge in [-0.3, -0.25) is 0 Å². The van der Waals surface area contributed by atoms with Gasteiger partial charge in [-0.15, -0.1) is 0 Å². The zero-order valence-electron chi connectivity index (χ0n) is 12.5. The van der Waals surface area contributed by atoms with Crippen molar-refractivity contribution in [1.82, 2.24) is 5.32 Å². The highest BCUT2D eigenvalue weighted by Crippen LogP contribution is 2.32. The number of methoxy groups -OCH3 is 1. The summed E-state index contributed by atoms with van der Waals surface area (Å²) in [4.78, 5) is 2.52. The van der Waals surface area contributed by atoms with Crippen LogP contribution >= 0.6 is 0 Å². The zero-order valence-corrected chi connectivity index (χ0v) is 12.5. The van der Waals surface area contributed by atoms with Gasteiger partial charge in [0.1, 0.15) is 5.75 Å². The molecule has 1 aliphatic rings. The van der Waals surface area contributed by atoms with Gasteiger partial charge in [-0.25, -0.2) is 0 Å². The first-order chi connectivity index (χ1) is 9.17. The largest absolute Gasteiger partial charge is 0.495 e. The molecule has 106 valence electrons. The Labute approximate surface area is 116 Å². The predicted octanol–water partition coefficient (Wildman–Crippen LogP) is 2.91. The van der Waals surface area contributed by atoms with Gasteiger partial charge in [0.25, 0.3) is 0 Å². The molecule has 0 aliphatic carbocycles. The van der Waals surface area contributed by atoms with Crippen LogP contribution in [-0.4, -0.2) is 32.3 Å². The monoisotopic (exact) mass is 262 g/mol. The van der Waals surface area contributed by atoms with Crippen LogP contribution in [0.3, 0.4) is 0 Å². The van der Waals surface area contributed by atoms with Gasteiger partial charge in [0.2, 0.25) is 0 Å². The number of ether oxygens (including phenoxy) is 1. The summed E-state index contributed by atoms with van der Waals surface area (Å²) < 4.78 is 5.53. The molecule has 19 heavy (non-hydrogen) atoms. The zero-order chi connectivity index (χ0) is 13.8. The highest BCUT2D eigenvalue weighted by molar-refractivity contribution is 5.59. The van der Waals surface area contributed by atoms with Gasteiger partial charge in [-0.2, -0.15) is 0 Å². The Kier molecular flexibility index (Phi) is 4.70. The number of hydrogen-bond acceptors (Lipinski definition) is 3. The molecule has 1 saturated heterocycles. The maximum Gasteiger partial charge on any atom is 0.142 e. The second kappa shape index (κ2) is 6.29. The number of anilines is 1. The van der Waals surface area contributed by atoms with E-state index >= 15 is 0 Å². The molecule has 0 aromatic heterocycles. The molecule has 0 saturated carbocycles. The molecule has 0 spiro atoms. The van der Waals surface area contributed by atoms with Crippen LogP contribution in [0.2, 0.25) is 0 Å². The van der Waals surface area contributed by atoms with E-state index in [1.807, 2.05) is 6.07 Å². The number of nitrogens with zero attached hydrogens (tertiary/aromatic N) is 1. The van der Waals surface area contributed by atoms with Crippen LogP contribution in [0.1, 0.15) is 27.2 Å². The summed E-state index contributed by atoms with van der Waals surface area (Å²) in [6, 6.07) is 9.45. The second-order valence-electron chi connectivity index (χ2n) is 5.65. The maximum atomic E-state index is 5.53. The minimum atomic E-state index is 0.527. The first-order valence-corrected chi connectivity index (χ1v) is 7.30. The highest BCUT2D eigenvalue weighted by Gasteiger charge is 2.30. The van der Waals surface area contributed by atoms with Gasteiger partial charge >= 0.3 is 0 Å². The van der Waals surface area contributed by atoms with Crippen molar-refractivity contribution in [2.45, 2.75) is 39.3 Å². The van der Waals surface area contributed by atoms with Crippen molar-refractivity contribution in [3.63, 3.8) is 0 Å². The fourth-order valence-corrected chi connectivity index (χ4v) is 2.85. The molecule has 0 amide bonds. The summed E-state index contributed by atoms with van der Waals surface area (Å²) in [6.45, 7) is 8.93. The average molecular weight is 262 g/mol. The summed E-state index contributed by atoms with van der Waals surface area (Å²) in [7, 11) is 1.75. The van der Waals surface area contributed by atoms with Crippen molar-refractivity contribution in [3.8, 4) is 5.75 Å². The van der Waals surface area contributed by atoms with Gasteiger partial charge in [-0.05, 0) is 24.5 Å². The smallest absolute Gasteiger partial charge is 0.142 e. The summed E-state index contributed by atoms with van der Waals surface area (Å²) >= 11 is 0. The Hall–Kier alpha value is -1.22. The minimum absolute atomic E-state index is 0.527. The Bertz CT molecular complexity index is 405. The highest BCUT2D eigenvalue weighted by atomic mass is 16.5. The van der Waals surface area contributed by atoms with E-state index in [1.165, 1.54) is 5.69 Å². The first kappa shape index (κ1) is 14.2. The number of benzene rings is 1. The van der Waals surface area contributed by atoms with Crippen molar-refractivity contribution >= 4 is 5.69 Å². The third kappa shape index (κ3) is 3.03. The fourth-order valence-electron chi connectivity index (χ4n) is 2.85. The van der Waals surface area contributed by atoms with E-state index < -0.39 is 0 Å². The lowest BCUT2D eigenvalue weighted by Crippen LogP contribution is -2.58. The molecule has 1 fully saturated rings. The number of piperazine rings is 1. The molecule has 2 atom stereocenters. The normalized spacial score (nSPS) is 23.7. The average Bonchev–Trinajstić information content (AvgIpc) is 2.46. The minimum Gasteiger partial charge on any atom is -0.495 e. The molecule has 3 nitrogen and oxygen atoms in total. The van der Waals surface area contributed by atoms with Gasteiger partial charge in [-0.1, -0.05) is 32.9 Å². The summed E-state index contributed by atoms with van der Waals surface area (Å²) in [5, 5.41) is 3.65. The van der Waals surface area contributed by atoms with E-state index in [9.17, 15) is 0 Å². The van der Waals surface area contributed by atoms with Crippen LogP contribution in [-0.2, 0) is 0 Å². The Morgan fingerprint density at radius 2 is 2.11 bits per heavy atom. The molecule has 2 rings (SSSR count). The lowest BCUT2D eigenvalue weighted by molar-refractivity contribution is 0.329. The molecule has 1 N–H and O–H groups in total. The van der Waals surface area contributed by atoms with E-state index in [4.69, 9.17) is 4.74 Å². The Morgan fingerprint density at radius 3 is 2.74 bits per heavy atom. The summed E-state index contributed by atoms with van der Waals surface area (Å²) in [5.41, 5.74) is 1.23. The quantitative estimate of drug-likeness (QED) is 0.903. The molecule has 1 aliphatic heterocycles. The molecule has 1 aromatic carbocycles. The Morgan fingerprint density at radius 1 is 1.37 bits per heavy atom. The third-order valence-electron chi connectivity index (χ3n) is 4.09. The van der Waals surface area contributed by atoms with Crippen LogP contribution in [0.5, 0.6) is 5.75 Å². The molecule has 0 radical (unpaired) electrons. The summed E-state index contributed by atoms with van der Waals surface area (Å²) in [5.74, 6) is 1.60. The van der Waals surface area contributed by atoms with Crippen molar-refractivity contribution in [2.24, 2.45) is 5.92 Å². The van der Waals surface area contributed by atoms with Crippen molar-refractivity contribution in [1.29, 1.82) is 0 Å². The topological polar surface area (TPSA) is 24.5 Å². The summed E-state index contributed by atoms with van der Waals surface area (Å²) in [6.07, 6.45) is 1.16. The van der Waals surface area contributed by atoms with Crippen LogP contribution in [0, 0.1) is 5.92 Å². The van der Waals surface area contributed by atoms with Crippen molar-refractivity contribution < 1.29 is 4.74 Å². The number of hydrogen-bond donors (Lipinski definition) is 1. The van der Waals surface area contributed by atoms with Gasteiger partial charge < -0.3 is 15.0 Å². The van der Waals surface area contributed by atoms with E-state index in [1.54, 1.807) is 7.11 Å². The second-order valence-corrected chi connectivity index (χ2v) is 5.65. The lowest BCUT2D eigenvalue weighted by Gasteiger charge is -2.44. The van der Waals surface area contributed by atoms with E-state index in [0.29, 0.717) is 18.0 Å². The van der Waals surface area contributed by atoms with E-state index in [-0.39, 0.29) is 0 Å². The molecule has 1 aromatic rings. The fraction of sp³-hybridized carbons (Fsp3) is 0.625. The molecule has 3 heteroatoms. The maximum absolute atomic E-state index is 5.53. The van der Waals surface area contributed by atoms with Crippen LogP contribution < -0.4 is 15.0 Å². The predicted molar refractivity (Wildman–Crippen MR) is 81.0 cm³/mol. The van der Waals surface area contributed by atoms with Crippen LogP contribution in [0.15, 0.2) is 24.3 Å². The Balaban J connectivity index is 2.30. The van der Waals surface area contributed by atoms with Gasteiger partial charge in [0.15, 0.2) is 0 Å². The number of para-hydroxylation sites is 2. The SMILES string of the molecule is CCC1CN(c2ccccc2OC)C(C(C)C)CN1. The van der Waals surface area contributed by atoms with Crippen LogP contribution in [0.4, 0.5) is 5.69 Å². The third-order valence-corrected chi connectivity index (χ3v) is 4.09. The van der Waals surface area contributed by atoms with Crippen molar-refractivity contribution in [3.05, 3.63) is 24.3 Å². The standard InChI is InChI=1S/C16H26N2O/c1-5-13-11-18(15(10-17-13)12(2)3)14-8-6-7-9-16(14)19-4/h6-9,12-13,15,17H,5,10-11H2,1-4H3. The number of nitrogens with one attached hydrogen (secondary N) is 1. The van der Waals surface area contributed by atoms with Gasteiger partial charge in [0.05, 0.1) is 12.8 Å². The lowest BCUT2D eigenvalue weighted by atomic mass is 9.96.